The van der Waals surface area contributed by atoms with Crippen LogP contribution in [-0.2, 0) is 0 Å². The van der Waals surface area contributed by atoms with Crippen LogP contribution in [0.5, 0.6) is 0 Å². The Morgan fingerprint density at radius 3 is 2.36 bits per heavy atom. The molecule has 0 heterocycles. The van der Waals surface area contributed by atoms with E-state index in [1.54, 1.807) is 12.1 Å². The maximum Gasteiger partial charge on any atom is 0.123 e. The Bertz CT molecular complexity index is 246. The van der Waals surface area contributed by atoms with E-state index in [0.717, 1.165) is 17.6 Å². The Balaban J connectivity index is 2.90. The first-order valence-electron chi connectivity index (χ1n) is 3.67. The highest BCUT2D eigenvalue weighted by Gasteiger charge is 1.95. The molecule has 1 aromatic carbocycles. The topological polar surface area (TPSA) is 0 Å². The van der Waals surface area contributed by atoms with Crippen molar-refractivity contribution in [3.63, 3.8) is 0 Å². The van der Waals surface area contributed by atoms with Gasteiger partial charge in [0.25, 0.3) is 0 Å². The van der Waals surface area contributed by atoms with E-state index in [9.17, 15) is 4.39 Å². The molecule has 11 heavy (non-hydrogen) atoms. The lowest BCUT2D eigenvalue weighted by molar-refractivity contribution is 0.627. The average molecular weight is 150 g/mol. The van der Waals surface area contributed by atoms with Crippen LogP contribution in [0, 0.1) is 5.82 Å². The minimum atomic E-state index is -0.197. The number of rotatable bonds is 2. The summed E-state index contributed by atoms with van der Waals surface area (Å²) in [4.78, 5) is 0. The van der Waals surface area contributed by atoms with E-state index in [-0.39, 0.29) is 5.82 Å². The number of benzene rings is 1. The molecule has 0 aliphatic rings. The zero-order valence-electron chi connectivity index (χ0n) is 6.60. The fourth-order valence-electron chi connectivity index (χ4n) is 0.890. The van der Waals surface area contributed by atoms with Gasteiger partial charge in [-0.3, -0.25) is 0 Å². The summed E-state index contributed by atoms with van der Waals surface area (Å²) in [6.45, 7) is 5.88. The quantitative estimate of drug-likeness (QED) is 0.607. The second-order valence-electron chi connectivity index (χ2n) is 2.46. The predicted octanol–water partition coefficient (Wildman–Crippen LogP) is 3.25. The van der Waals surface area contributed by atoms with Gasteiger partial charge in [0.1, 0.15) is 5.82 Å². The Kier molecular flexibility index (Phi) is 2.42. The minimum Gasteiger partial charge on any atom is -0.207 e. The van der Waals surface area contributed by atoms with E-state index in [2.05, 4.69) is 6.58 Å². The molecule has 0 spiro atoms. The lowest BCUT2D eigenvalue weighted by Crippen LogP contribution is -1.80. The monoisotopic (exact) mass is 150 g/mol. The highest BCUT2D eigenvalue weighted by Crippen LogP contribution is 2.15. The number of hydrogen-bond acceptors (Lipinski definition) is 0. The molecule has 0 amide bonds. The van der Waals surface area contributed by atoms with Crippen LogP contribution in [0.1, 0.15) is 18.9 Å². The zero-order chi connectivity index (χ0) is 8.27. The second-order valence-corrected chi connectivity index (χ2v) is 2.46. The molecule has 0 bridgehead atoms. The molecule has 0 saturated heterocycles. The van der Waals surface area contributed by atoms with E-state index < -0.39 is 0 Å². The number of allylic oxidation sites excluding steroid dienone is 1. The van der Waals surface area contributed by atoms with E-state index in [0.29, 0.717) is 0 Å². The summed E-state index contributed by atoms with van der Waals surface area (Å²) in [5.41, 5.74) is 2.07. The normalized spacial score (nSPS) is 9.64. The van der Waals surface area contributed by atoms with Crippen molar-refractivity contribution in [2.75, 3.05) is 0 Å². The van der Waals surface area contributed by atoms with Gasteiger partial charge in [-0.2, -0.15) is 0 Å². The van der Waals surface area contributed by atoms with Crippen LogP contribution in [0.2, 0.25) is 0 Å². The third-order valence-electron chi connectivity index (χ3n) is 1.68. The second kappa shape index (κ2) is 3.33. The SMILES string of the molecule is C=C(CC)c1ccc(F)cc1. The Hall–Kier alpha value is -1.11. The molecule has 0 aliphatic carbocycles. The van der Waals surface area contributed by atoms with E-state index in [4.69, 9.17) is 0 Å². The molecule has 1 heteroatoms. The third-order valence-corrected chi connectivity index (χ3v) is 1.68. The van der Waals surface area contributed by atoms with Crippen LogP contribution in [0.25, 0.3) is 5.57 Å². The molecule has 1 rings (SSSR count). The van der Waals surface area contributed by atoms with Crippen LogP contribution < -0.4 is 0 Å². The highest BCUT2D eigenvalue weighted by molar-refractivity contribution is 5.62. The van der Waals surface area contributed by atoms with Gasteiger partial charge in [-0.1, -0.05) is 25.6 Å². The summed E-state index contributed by atoms with van der Waals surface area (Å²) in [5, 5.41) is 0. The minimum absolute atomic E-state index is 0.197. The van der Waals surface area contributed by atoms with Crippen molar-refractivity contribution < 1.29 is 4.39 Å². The van der Waals surface area contributed by atoms with Gasteiger partial charge >= 0.3 is 0 Å². The van der Waals surface area contributed by atoms with Gasteiger partial charge in [-0.15, -0.1) is 0 Å². The van der Waals surface area contributed by atoms with Crippen molar-refractivity contribution in [1.82, 2.24) is 0 Å². The first-order valence-corrected chi connectivity index (χ1v) is 3.67. The van der Waals surface area contributed by atoms with Crippen LogP contribution in [0.4, 0.5) is 4.39 Å². The summed E-state index contributed by atoms with van der Waals surface area (Å²) in [7, 11) is 0. The van der Waals surface area contributed by atoms with E-state index in [1.165, 1.54) is 12.1 Å². The van der Waals surface area contributed by atoms with Crippen LogP contribution in [0.3, 0.4) is 0 Å². The summed E-state index contributed by atoms with van der Waals surface area (Å²) in [6.07, 6.45) is 0.908. The van der Waals surface area contributed by atoms with Crippen molar-refractivity contribution in [1.29, 1.82) is 0 Å². The largest absolute Gasteiger partial charge is 0.207 e. The van der Waals surface area contributed by atoms with Crippen LogP contribution >= 0.6 is 0 Å². The van der Waals surface area contributed by atoms with Crippen molar-refractivity contribution >= 4 is 5.57 Å². The number of hydrogen-bond donors (Lipinski definition) is 0. The molecule has 0 saturated carbocycles. The Morgan fingerprint density at radius 1 is 1.36 bits per heavy atom. The van der Waals surface area contributed by atoms with Crippen LogP contribution in [-0.4, -0.2) is 0 Å². The van der Waals surface area contributed by atoms with Crippen molar-refractivity contribution in [2.45, 2.75) is 13.3 Å². The number of halogens is 1. The molecular formula is C10H11F. The summed E-state index contributed by atoms with van der Waals surface area (Å²) < 4.78 is 12.4. The standard InChI is InChI=1S/C10H11F/c1-3-8(2)9-4-6-10(11)7-5-9/h4-7H,2-3H2,1H3. The average Bonchev–Trinajstić information content (AvgIpc) is 2.05. The lowest BCUT2D eigenvalue weighted by Gasteiger charge is -2.00. The predicted molar refractivity (Wildman–Crippen MR) is 45.7 cm³/mol. The van der Waals surface area contributed by atoms with Gasteiger partial charge in [-0.25, -0.2) is 4.39 Å². The molecule has 0 radical (unpaired) electrons. The maximum atomic E-state index is 12.4. The Morgan fingerprint density at radius 2 is 1.91 bits per heavy atom. The Labute approximate surface area is 66.4 Å². The molecule has 0 N–H and O–H groups in total. The third kappa shape index (κ3) is 1.90. The van der Waals surface area contributed by atoms with Gasteiger partial charge < -0.3 is 0 Å². The molecule has 0 unspecified atom stereocenters. The molecule has 58 valence electrons. The van der Waals surface area contributed by atoms with Gasteiger partial charge in [0, 0.05) is 0 Å². The van der Waals surface area contributed by atoms with E-state index >= 15 is 0 Å². The summed E-state index contributed by atoms with van der Waals surface area (Å²) in [6, 6.07) is 6.41. The van der Waals surface area contributed by atoms with Crippen LogP contribution in [0.15, 0.2) is 30.8 Å². The molecule has 0 aromatic heterocycles. The van der Waals surface area contributed by atoms with Gasteiger partial charge in [0.2, 0.25) is 0 Å². The highest BCUT2D eigenvalue weighted by atomic mass is 19.1. The molecular weight excluding hydrogens is 139 g/mol. The van der Waals surface area contributed by atoms with Gasteiger partial charge in [0.05, 0.1) is 0 Å². The fraction of sp³-hybridized carbons (Fsp3) is 0.200. The summed E-state index contributed by atoms with van der Waals surface area (Å²) >= 11 is 0. The fourth-order valence-corrected chi connectivity index (χ4v) is 0.890. The molecule has 0 aliphatic heterocycles. The molecule has 0 fully saturated rings. The first kappa shape index (κ1) is 7.99. The maximum absolute atomic E-state index is 12.4. The molecule has 1 aromatic rings. The van der Waals surface area contributed by atoms with Gasteiger partial charge in [-0.05, 0) is 29.7 Å². The molecule has 0 nitrogen and oxygen atoms in total. The smallest absolute Gasteiger partial charge is 0.123 e. The van der Waals surface area contributed by atoms with Crippen molar-refractivity contribution in [3.05, 3.63) is 42.2 Å². The lowest BCUT2D eigenvalue weighted by atomic mass is 10.1. The zero-order valence-corrected chi connectivity index (χ0v) is 6.60. The van der Waals surface area contributed by atoms with E-state index in [1.807, 2.05) is 6.92 Å². The van der Waals surface area contributed by atoms with Gasteiger partial charge in [0.15, 0.2) is 0 Å². The summed E-state index contributed by atoms with van der Waals surface area (Å²) in [5.74, 6) is -0.197. The van der Waals surface area contributed by atoms with Crippen molar-refractivity contribution in [3.8, 4) is 0 Å². The van der Waals surface area contributed by atoms with Crippen molar-refractivity contribution in [2.24, 2.45) is 0 Å². The molecule has 0 atom stereocenters. The first-order chi connectivity index (χ1) is 5.24.